The zero-order valence-electron chi connectivity index (χ0n) is 14.9. The first-order chi connectivity index (χ1) is 12.3. The Morgan fingerprint density at radius 2 is 1.88 bits per heavy atom. The van der Waals surface area contributed by atoms with Crippen molar-refractivity contribution in [2.75, 3.05) is 31.1 Å². The first-order valence-corrected chi connectivity index (χ1v) is 10.4. The van der Waals surface area contributed by atoms with Gasteiger partial charge in [-0.3, -0.25) is 10.1 Å². The number of benzene rings is 1. The number of nitro groups is 1. The van der Waals surface area contributed by atoms with Crippen LogP contribution in [0.3, 0.4) is 0 Å². The van der Waals surface area contributed by atoms with Crippen LogP contribution >= 0.6 is 0 Å². The summed E-state index contributed by atoms with van der Waals surface area (Å²) in [7, 11) is -3.74. The Bertz CT molecular complexity index is 775. The number of anilines is 1. The van der Waals surface area contributed by atoms with Crippen molar-refractivity contribution in [3.05, 3.63) is 28.3 Å². The van der Waals surface area contributed by atoms with Gasteiger partial charge in [0, 0.05) is 32.2 Å². The van der Waals surface area contributed by atoms with Gasteiger partial charge in [-0.25, -0.2) is 8.42 Å². The van der Waals surface area contributed by atoms with Gasteiger partial charge in [-0.1, -0.05) is 6.92 Å². The topological polar surface area (TPSA) is 104 Å². The lowest BCUT2D eigenvalue weighted by Crippen LogP contribution is -2.39. The molecule has 26 heavy (non-hydrogen) atoms. The number of nitro benzene ring substituents is 1. The number of aliphatic hydroxyl groups excluding tert-OH is 1. The summed E-state index contributed by atoms with van der Waals surface area (Å²) in [5.74, 6) is 0.285. The maximum atomic E-state index is 12.9. The molecule has 1 aromatic rings. The molecular weight excluding hydrogens is 358 g/mol. The lowest BCUT2D eigenvalue weighted by Gasteiger charge is -2.32. The molecule has 1 atom stereocenters. The van der Waals surface area contributed by atoms with E-state index in [-0.39, 0.29) is 22.6 Å². The monoisotopic (exact) mass is 383 g/mol. The number of hydrogen-bond acceptors (Lipinski definition) is 6. The maximum Gasteiger partial charge on any atom is 0.293 e. The van der Waals surface area contributed by atoms with Gasteiger partial charge in [-0.15, -0.1) is 0 Å². The smallest absolute Gasteiger partial charge is 0.293 e. The van der Waals surface area contributed by atoms with E-state index in [4.69, 9.17) is 0 Å². The molecule has 0 amide bonds. The van der Waals surface area contributed by atoms with E-state index in [1.54, 1.807) is 0 Å². The molecule has 2 saturated heterocycles. The number of rotatable bonds is 4. The van der Waals surface area contributed by atoms with Crippen LogP contribution in [0.15, 0.2) is 23.1 Å². The Labute approximate surface area is 153 Å². The van der Waals surface area contributed by atoms with E-state index in [1.165, 1.54) is 22.5 Å². The molecule has 0 bridgehead atoms. The summed E-state index contributed by atoms with van der Waals surface area (Å²) in [5, 5.41) is 21.2. The van der Waals surface area contributed by atoms with Gasteiger partial charge in [0.1, 0.15) is 5.69 Å². The van der Waals surface area contributed by atoms with Gasteiger partial charge in [-0.2, -0.15) is 4.31 Å². The zero-order chi connectivity index (χ0) is 18.9. The van der Waals surface area contributed by atoms with Crippen LogP contribution < -0.4 is 4.90 Å². The predicted molar refractivity (Wildman–Crippen MR) is 97.7 cm³/mol. The highest BCUT2D eigenvalue weighted by atomic mass is 32.2. The molecule has 0 aromatic heterocycles. The normalized spacial score (nSPS) is 23.2. The first-order valence-electron chi connectivity index (χ1n) is 9.00. The van der Waals surface area contributed by atoms with Crippen molar-refractivity contribution in [1.29, 1.82) is 0 Å². The van der Waals surface area contributed by atoms with Crippen molar-refractivity contribution in [2.45, 2.75) is 43.6 Å². The average Bonchev–Trinajstić information content (AvgIpc) is 2.62. The highest BCUT2D eigenvalue weighted by molar-refractivity contribution is 7.89. The average molecular weight is 383 g/mol. The van der Waals surface area contributed by atoms with Crippen molar-refractivity contribution in [3.8, 4) is 0 Å². The molecule has 0 aliphatic carbocycles. The molecule has 3 rings (SSSR count). The molecule has 2 aliphatic rings. The van der Waals surface area contributed by atoms with Crippen molar-refractivity contribution < 1.29 is 18.4 Å². The Morgan fingerprint density at radius 3 is 2.50 bits per heavy atom. The van der Waals surface area contributed by atoms with Crippen LogP contribution in [0.1, 0.15) is 32.6 Å². The minimum Gasteiger partial charge on any atom is -0.393 e. The van der Waals surface area contributed by atoms with Crippen molar-refractivity contribution >= 4 is 21.4 Å². The molecule has 1 N–H and O–H groups in total. The Hall–Kier alpha value is -1.71. The number of hydrogen-bond donors (Lipinski definition) is 1. The molecule has 144 valence electrons. The molecule has 2 aliphatic heterocycles. The third-order valence-electron chi connectivity index (χ3n) is 5.21. The van der Waals surface area contributed by atoms with E-state index in [2.05, 4.69) is 0 Å². The lowest BCUT2D eigenvalue weighted by molar-refractivity contribution is -0.384. The summed E-state index contributed by atoms with van der Waals surface area (Å²) in [6, 6.07) is 4.16. The number of nitrogens with zero attached hydrogens (tertiary/aromatic N) is 3. The molecular formula is C17H25N3O5S. The SMILES string of the molecule is C[C@H]1CCCN(S(=O)(=O)c2ccc(N3CCC(O)CC3)c([N+](=O)[O-])c2)C1. The summed E-state index contributed by atoms with van der Waals surface area (Å²) in [6.07, 6.45) is 2.50. The molecule has 2 fully saturated rings. The minimum absolute atomic E-state index is 0.0286. The zero-order valence-corrected chi connectivity index (χ0v) is 15.7. The Morgan fingerprint density at radius 1 is 1.19 bits per heavy atom. The number of sulfonamides is 1. The van der Waals surface area contributed by atoms with Crippen LogP contribution in [0.25, 0.3) is 0 Å². The number of aliphatic hydroxyl groups is 1. The van der Waals surface area contributed by atoms with Crippen LogP contribution in [0, 0.1) is 16.0 Å². The van der Waals surface area contributed by atoms with Gasteiger partial charge in [0.25, 0.3) is 5.69 Å². The molecule has 2 heterocycles. The van der Waals surface area contributed by atoms with Gasteiger partial charge in [-0.05, 0) is 43.7 Å². The van der Waals surface area contributed by atoms with E-state index in [9.17, 15) is 23.6 Å². The standard InChI is InChI=1S/C17H25N3O5S/c1-13-3-2-8-19(12-13)26(24,25)15-4-5-16(17(11-15)20(22)23)18-9-6-14(21)7-10-18/h4-5,11,13-14,21H,2-3,6-10,12H2,1H3/t13-/m0/s1. The summed E-state index contributed by atoms with van der Waals surface area (Å²) in [6.45, 7) is 3.93. The molecule has 0 radical (unpaired) electrons. The second-order valence-electron chi connectivity index (χ2n) is 7.24. The third-order valence-corrected chi connectivity index (χ3v) is 7.07. The van der Waals surface area contributed by atoms with E-state index >= 15 is 0 Å². The summed E-state index contributed by atoms with van der Waals surface area (Å²) < 4.78 is 27.2. The Balaban J connectivity index is 1.92. The molecule has 1 aromatic carbocycles. The predicted octanol–water partition coefficient (Wildman–Crippen LogP) is 1.98. The maximum absolute atomic E-state index is 12.9. The van der Waals surface area contributed by atoms with Crippen LogP contribution in [-0.2, 0) is 10.0 Å². The van der Waals surface area contributed by atoms with Crippen LogP contribution in [0.4, 0.5) is 11.4 Å². The molecule has 0 spiro atoms. The second kappa shape index (κ2) is 7.50. The largest absolute Gasteiger partial charge is 0.393 e. The van der Waals surface area contributed by atoms with Gasteiger partial charge in [0.2, 0.25) is 10.0 Å². The first kappa shape index (κ1) is 19.1. The van der Waals surface area contributed by atoms with Crippen LogP contribution in [0.2, 0.25) is 0 Å². The van der Waals surface area contributed by atoms with Gasteiger partial charge < -0.3 is 10.0 Å². The van der Waals surface area contributed by atoms with E-state index in [0.29, 0.717) is 44.7 Å². The molecule has 9 heteroatoms. The fourth-order valence-corrected chi connectivity index (χ4v) is 5.32. The lowest BCUT2D eigenvalue weighted by atomic mass is 10.0. The molecule has 8 nitrogen and oxygen atoms in total. The van der Waals surface area contributed by atoms with E-state index in [0.717, 1.165) is 12.8 Å². The minimum atomic E-state index is -3.74. The van der Waals surface area contributed by atoms with Crippen LogP contribution in [0.5, 0.6) is 0 Å². The van der Waals surface area contributed by atoms with E-state index < -0.39 is 14.9 Å². The van der Waals surface area contributed by atoms with E-state index in [1.807, 2.05) is 11.8 Å². The Kier molecular flexibility index (Phi) is 5.50. The van der Waals surface area contributed by atoms with Crippen LogP contribution in [-0.4, -0.2) is 55.0 Å². The highest BCUT2D eigenvalue weighted by Gasteiger charge is 2.32. The van der Waals surface area contributed by atoms with Crippen molar-refractivity contribution in [1.82, 2.24) is 4.31 Å². The fourth-order valence-electron chi connectivity index (χ4n) is 3.70. The number of piperidine rings is 2. The van der Waals surface area contributed by atoms with Gasteiger partial charge in [0.15, 0.2) is 0 Å². The highest BCUT2D eigenvalue weighted by Crippen LogP contribution is 2.34. The molecule has 0 unspecified atom stereocenters. The molecule has 0 saturated carbocycles. The summed E-state index contributed by atoms with van der Waals surface area (Å²) in [5.41, 5.74) is 0.209. The third kappa shape index (κ3) is 3.84. The van der Waals surface area contributed by atoms with Gasteiger partial charge >= 0.3 is 0 Å². The summed E-state index contributed by atoms with van der Waals surface area (Å²) >= 11 is 0. The second-order valence-corrected chi connectivity index (χ2v) is 9.17. The summed E-state index contributed by atoms with van der Waals surface area (Å²) in [4.78, 5) is 12.8. The van der Waals surface area contributed by atoms with Crippen molar-refractivity contribution in [3.63, 3.8) is 0 Å². The quantitative estimate of drug-likeness (QED) is 0.630. The van der Waals surface area contributed by atoms with Gasteiger partial charge in [0.05, 0.1) is 15.9 Å². The van der Waals surface area contributed by atoms with Crippen molar-refractivity contribution in [2.24, 2.45) is 5.92 Å². The fraction of sp³-hybridized carbons (Fsp3) is 0.647.